The smallest absolute Gasteiger partial charge is 0.261 e. The largest absolute Gasteiger partial charge is 0.481 e. The maximum Gasteiger partial charge on any atom is 0.261 e. The molecule has 0 aliphatic carbocycles. The fourth-order valence-corrected chi connectivity index (χ4v) is 1.83. The quantitative estimate of drug-likeness (QED) is 0.928. The number of carbonyl (C=O) groups is 1. The number of aromatic nitrogens is 2. The SMILES string of the molecule is COc1ccc(NC(=O)c2c(C)noc2C(C)C)cn1. The van der Waals surface area contributed by atoms with Crippen molar-refractivity contribution in [2.24, 2.45) is 0 Å². The molecule has 1 amide bonds. The highest BCUT2D eigenvalue weighted by atomic mass is 16.5. The number of amides is 1. The van der Waals surface area contributed by atoms with Crippen LogP contribution in [-0.2, 0) is 0 Å². The van der Waals surface area contributed by atoms with Crippen molar-refractivity contribution in [1.82, 2.24) is 10.1 Å². The molecule has 0 unspecified atom stereocenters. The zero-order valence-corrected chi connectivity index (χ0v) is 11.9. The molecule has 2 rings (SSSR count). The van der Waals surface area contributed by atoms with E-state index in [4.69, 9.17) is 9.26 Å². The highest BCUT2D eigenvalue weighted by molar-refractivity contribution is 6.05. The summed E-state index contributed by atoms with van der Waals surface area (Å²) in [5, 5.41) is 6.63. The van der Waals surface area contributed by atoms with Crippen LogP contribution in [0, 0.1) is 6.92 Å². The van der Waals surface area contributed by atoms with Crippen LogP contribution in [0.5, 0.6) is 5.88 Å². The van der Waals surface area contributed by atoms with Crippen molar-refractivity contribution in [2.75, 3.05) is 12.4 Å². The summed E-state index contributed by atoms with van der Waals surface area (Å²) in [4.78, 5) is 16.3. The van der Waals surface area contributed by atoms with Gasteiger partial charge in [0.15, 0.2) is 5.76 Å². The van der Waals surface area contributed by atoms with Crippen LogP contribution in [0.4, 0.5) is 5.69 Å². The number of pyridine rings is 1. The maximum absolute atomic E-state index is 12.3. The third kappa shape index (κ3) is 2.79. The molecule has 0 saturated heterocycles. The number of methoxy groups -OCH3 is 1. The third-order valence-electron chi connectivity index (χ3n) is 2.84. The predicted octanol–water partition coefficient (Wildman–Crippen LogP) is 2.76. The number of nitrogens with zero attached hydrogens (tertiary/aromatic N) is 2. The van der Waals surface area contributed by atoms with E-state index in [1.807, 2.05) is 13.8 Å². The van der Waals surface area contributed by atoms with Crippen molar-refractivity contribution in [2.45, 2.75) is 26.7 Å². The molecular formula is C14H17N3O3. The topological polar surface area (TPSA) is 77.2 Å². The first kappa shape index (κ1) is 14.0. The lowest BCUT2D eigenvalue weighted by Crippen LogP contribution is -2.15. The lowest BCUT2D eigenvalue weighted by atomic mass is 10.0. The van der Waals surface area contributed by atoms with Gasteiger partial charge in [0.25, 0.3) is 5.91 Å². The zero-order valence-electron chi connectivity index (χ0n) is 11.9. The Labute approximate surface area is 117 Å². The molecule has 6 nitrogen and oxygen atoms in total. The van der Waals surface area contributed by atoms with Crippen LogP contribution in [0.15, 0.2) is 22.9 Å². The summed E-state index contributed by atoms with van der Waals surface area (Å²) < 4.78 is 10.2. The normalized spacial score (nSPS) is 10.7. The summed E-state index contributed by atoms with van der Waals surface area (Å²) >= 11 is 0. The minimum absolute atomic E-state index is 0.0888. The van der Waals surface area contributed by atoms with E-state index in [9.17, 15) is 4.79 Å². The van der Waals surface area contributed by atoms with Gasteiger partial charge in [-0.05, 0) is 13.0 Å². The molecule has 2 heterocycles. The summed E-state index contributed by atoms with van der Waals surface area (Å²) in [6.45, 7) is 5.65. The van der Waals surface area contributed by atoms with Gasteiger partial charge < -0.3 is 14.6 Å². The molecule has 0 aliphatic rings. The van der Waals surface area contributed by atoms with E-state index in [2.05, 4.69) is 15.5 Å². The van der Waals surface area contributed by atoms with Crippen molar-refractivity contribution in [1.29, 1.82) is 0 Å². The number of ether oxygens (including phenoxy) is 1. The van der Waals surface area contributed by atoms with Gasteiger partial charge in [-0.1, -0.05) is 19.0 Å². The van der Waals surface area contributed by atoms with Gasteiger partial charge in [-0.15, -0.1) is 0 Å². The van der Waals surface area contributed by atoms with Crippen LogP contribution in [0.1, 0.15) is 41.6 Å². The first-order valence-corrected chi connectivity index (χ1v) is 6.30. The van der Waals surface area contributed by atoms with Gasteiger partial charge in [-0.2, -0.15) is 0 Å². The van der Waals surface area contributed by atoms with E-state index in [0.717, 1.165) is 0 Å². The molecule has 0 aromatic carbocycles. The van der Waals surface area contributed by atoms with Crippen molar-refractivity contribution in [3.63, 3.8) is 0 Å². The molecule has 1 N–H and O–H groups in total. The van der Waals surface area contributed by atoms with Gasteiger partial charge in [-0.3, -0.25) is 4.79 Å². The molecule has 0 saturated carbocycles. The summed E-state index contributed by atoms with van der Waals surface area (Å²) in [7, 11) is 1.54. The molecule has 0 atom stereocenters. The predicted molar refractivity (Wildman–Crippen MR) is 74.1 cm³/mol. The van der Waals surface area contributed by atoms with Gasteiger partial charge in [0.1, 0.15) is 5.56 Å². The van der Waals surface area contributed by atoms with Gasteiger partial charge in [0.05, 0.1) is 24.7 Å². The minimum atomic E-state index is -0.251. The van der Waals surface area contributed by atoms with Crippen molar-refractivity contribution >= 4 is 11.6 Å². The average Bonchev–Trinajstić information content (AvgIpc) is 2.81. The van der Waals surface area contributed by atoms with Gasteiger partial charge in [-0.25, -0.2) is 4.98 Å². The first-order chi connectivity index (χ1) is 9.52. The number of aryl methyl sites for hydroxylation is 1. The second kappa shape index (κ2) is 5.73. The Bertz CT molecular complexity index is 603. The Morgan fingerprint density at radius 3 is 2.70 bits per heavy atom. The highest BCUT2D eigenvalue weighted by Crippen LogP contribution is 2.23. The summed E-state index contributed by atoms with van der Waals surface area (Å²) in [5.74, 6) is 0.916. The number of hydrogen-bond acceptors (Lipinski definition) is 5. The molecule has 0 aliphatic heterocycles. The zero-order chi connectivity index (χ0) is 14.7. The van der Waals surface area contributed by atoms with Crippen molar-refractivity contribution < 1.29 is 14.1 Å². The second-order valence-corrected chi connectivity index (χ2v) is 4.71. The molecule has 0 radical (unpaired) electrons. The molecule has 0 bridgehead atoms. The molecule has 20 heavy (non-hydrogen) atoms. The van der Waals surface area contributed by atoms with Gasteiger partial charge >= 0.3 is 0 Å². The molecule has 0 spiro atoms. The highest BCUT2D eigenvalue weighted by Gasteiger charge is 2.22. The van der Waals surface area contributed by atoms with E-state index >= 15 is 0 Å². The molecule has 6 heteroatoms. The van der Waals surface area contributed by atoms with E-state index in [-0.39, 0.29) is 11.8 Å². The molecule has 0 fully saturated rings. The molecule has 2 aromatic rings. The van der Waals surface area contributed by atoms with E-state index in [0.29, 0.717) is 28.6 Å². The molecule has 2 aromatic heterocycles. The number of nitrogens with one attached hydrogen (secondary N) is 1. The van der Waals surface area contributed by atoms with E-state index in [1.165, 1.54) is 13.3 Å². The van der Waals surface area contributed by atoms with Gasteiger partial charge in [0, 0.05) is 12.0 Å². The molecular weight excluding hydrogens is 258 g/mol. The first-order valence-electron chi connectivity index (χ1n) is 6.30. The fourth-order valence-electron chi connectivity index (χ4n) is 1.83. The second-order valence-electron chi connectivity index (χ2n) is 4.71. The Hall–Kier alpha value is -2.37. The minimum Gasteiger partial charge on any atom is -0.481 e. The lowest BCUT2D eigenvalue weighted by Gasteiger charge is -2.07. The standard InChI is InChI=1S/C14H17N3O3/c1-8(2)13-12(9(3)17-20-13)14(18)16-10-5-6-11(19-4)15-7-10/h5-8H,1-4H3,(H,16,18). The number of rotatable bonds is 4. The Morgan fingerprint density at radius 2 is 2.15 bits per heavy atom. The maximum atomic E-state index is 12.3. The lowest BCUT2D eigenvalue weighted by molar-refractivity contribution is 0.102. The number of anilines is 1. The Morgan fingerprint density at radius 1 is 1.40 bits per heavy atom. The number of carbonyl (C=O) groups excluding carboxylic acids is 1. The van der Waals surface area contributed by atoms with Crippen molar-refractivity contribution in [3.05, 3.63) is 35.3 Å². The van der Waals surface area contributed by atoms with Crippen LogP contribution >= 0.6 is 0 Å². The summed E-state index contributed by atoms with van der Waals surface area (Å²) in [6, 6.07) is 3.40. The van der Waals surface area contributed by atoms with Crippen LogP contribution in [-0.4, -0.2) is 23.2 Å². The van der Waals surface area contributed by atoms with Crippen LogP contribution in [0.2, 0.25) is 0 Å². The van der Waals surface area contributed by atoms with E-state index in [1.54, 1.807) is 19.1 Å². The Kier molecular flexibility index (Phi) is 4.02. The van der Waals surface area contributed by atoms with Crippen LogP contribution < -0.4 is 10.1 Å². The molecule has 106 valence electrons. The van der Waals surface area contributed by atoms with E-state index < -0.39 is 0 Å². The Balaban J connectivity index is 2.21. The number of hydrogen-bond donors (Lipinski definition) is 1. The van der Waals surface area contributed by atoms with Gasteiger partial charge in [0.2, 0.25) is 5.88 Å². The summed E-state index contributed by atoms with van der Waals surface area (Å²) in [5.41, 5.74) is 1.65. The van der Waals surface area contributed by atoms with Crippen LogP contribution in [0.3, 0.4) is 0 Å². The van der Waals surface area contributed by atoms with Crippen LogP contribution in [0.25, 0.3) is 0 Å². The average molecular weight is 275 g/mol. The monoisotopic (exact) mass is 275 g/mol. The third-order valence-corrected chi connectivity index (χ3v) is 2.84. The fraction of sp³-hybridized carbons (Fsp3) is 0.357. The van der Waals surface area contributed by atoms with Crippen molar-refractivity contribution in [3.8, 4) is 5.88 Å². The summed E-state index contributed by atoms with van der Waals surface area (Å²) in [6.07, 6.45) is 1.54.